The maximum absolute atomic E-state index is 11.8. The van der Waals surface area contributed by atoms with E-state index in [1.807, 2.05) is 12.1 Å². The van der Waals surface area contributed by atoms with Crippen molar-refractivity contribution in [1.29, 1.82) is 0 Å². The fourth-order valence-corrected chi connectivity index (χ4v) is 3.76. The lowest BCUT2D eigenvalue weighted by molar-refractivity contribution is 1.18. The van der Waals surface area contributed by atoms with Crippen LogP contribution < -0.4 is 5.56 Å². The maximum Gasteiger partial charge on any atom is 0.268 e. The first-order valence-electron chi connectivity index (χ1n) is 6.38. The molecule has 102 valence electrons. The van der Waals surface area contributed by atoms with Gasteiger partial charge in [0.1, 0.15) is 4.70 Å². The molecule has 5 heteroatoms. The molecule has 21 heavy (non-hydrogen) atoms. The largest absolute Gasteiger partial charge is 0.312 e. The van der Waals surface area contributed by atoms with Crippen molar-refractivity contribution in [3.63, 3.8) is 0 Å². The van der Waals surface area contributed by atoms with Gasteiger partial charge in [0, 0.05) is 9.35 Å². The van der Waals surface area contributed by atoms with E-state index in [0.717, 1.165) is 20.4 Å². The molecule has 4 rings (SSSR count). The fraction of sp³-hybridized carbons (Fsp3) is 0. The summed E-state index contributed by atoms with van der Waals surface area (Å²) >= 11 is 4.96. The third-order valence-electron chi connectivity index (χ3n) is 3.40. The molecule has 2 heterocycles. The lowest BCUT2D eigenvalue weighted by Crippen LogP contribution is -2.02. The number of hydrogen-bond acceptors (Lipinski definition) is 3. The number of nitrogens with one attached hydrogen (secondary N) is 1. The van der Waals surface area contributed by atoms with Crippen molar-refractivity contribution in [2.45, 2.75) is 0 Å². The van der Waals surface area contributed by atoms with E-state index in [1.54, 1.807) is 0 Å². The van der Waals surface area contributed by atoms with Gasteiger partial charge in [-0.25, -0.2) is 4.98 Å². The number of aromatic amines is 1. The van der Waals surface area contributed by atoms with Gasteiger partial charge in [-0.2, -0.15) is 0 Å². The first-order chi connectivity index (χ1) is 10.2. The normalized spacial score (nSPS) is 11.3. The van der Waals surface area contributed by atoms with E-state index < -0.39 is 0 Å². The lowest BCUT2D eigenvalue weighted by atomic mass is 10.1. The third-order valence-corrected chi connectivity index (χ3v) is 5.07. The summed E-state index contributed by atoms with van der Waals surface area (Å²) in [6.45, 7) is 0. The SMILES string of the molecule is O=c1[nH]cnc2cc(-c3ccc4cc(Br)ccc4c3)sc12. The highest BCUT2D eigenvalue weighted by Crippen LogP contribution is 2.32. The summed E-state index contributed by atoms with van der Waals surface area (Å²) in [6.07, 6.45) is 1.44. The van der Waals surface area contributed by atoms with E-state index in [-0.39, 0.29) is 5.56 Å². The number of thiophene rings is 1. The Labute approximate surface area is 132 Å². The van der Waals surface area contributed by atoms with Crippen LogP contribution in [0.25, 0.3) is 31.4 Å². The molecule has 2 aromatic carbocycles. The summed E-state index contributed by atoms with van der Waals surface area (Å²) in [4.78, 5) is 19.7. The third kappa shape index (κ3) is 2.18. The van der Waals surface area contributed by atoms with Gasteiger partial charge in [-0.1, -0.05) is 34.1 Å². The van der Waals surface area contributed by atoms with E-state index in [1.165, 1.54) is 28.4 Å². The topological polar surface area (TPSA) is 45.8 Å². The van der Waals surface area contributed by atoms with E-state index in [4.69, 9.17) is 0 Å². The van der Waals surface area contributed by atoms with Crippen molar-refractivity contribution < 1.29 is 0 Å². The Bertz CT molecular complexity index is 1040. The van der Waals surface area contributed by atoms with Crippen LogP contribution in [-0.4, -0.2) is 9.97 Å². The number of rotatable bonds is 1. The molecule has 3 nitrogen and oxygen atoms in total. The first-order valence-corrected chi connectivity index (χ1v) is 7.98. The zero-order valence-corrected chi connectivity index (χ0v) is 13.2. The standard InChI is InChI=1S/C16H9BrN2OS/c17-12-4-3-9-5-11(2-1-10(9)6-12)14-7-13-15(21-14)16(20)19-8-18-13/h1-8H,(H,18,19,20). The Morgan fingerprint density at radius 3 is 2.71 bits per heavy atom. The van der Waals surface area contributed by atoms with Crippen LogP contribution in [-0.2, 0) is 0 Å². The number of H-pyrrole nitrogens is 1. The van der Waals surface area contributed by atoms with Gasteiger partial charge >= 0.3 is 0 Å². The van der Waals surface area contributed by atoms with Crippen molar-refractivity contribution in [3.05, 3.63) is 63.6 Å². The second-order valence-electron chi connectivity index (χ2n) is 4.76. The van der Waals surface area contributed by atoms with Crippen LogP contribution in [0.2, 0.25) is 0 Å². The molecule has 0 radical (unpaired) electrons. The summed E-state index contributed by atoms with van der Waals surface area (Å²) in [7, 11) is 0. The predicted molar refractivity (Wildman–Crippen MR) is 90.9 cm³/mol. The molecular formula is C16H9BrN2OS. The molecule has 0 fully saturated rings. The van der Waals surface area contributed by atoms with Crippen molar-refractivity contribution in [1.82, 2.24) is 9.97 Å². The van der Waals surface area contributed by atoms with Gasteiger partial charge in [-0.3, -0.25) is 4.79 Å². The molecule has 0 aliphatic carbocycles. The molecule has 0 spiro atoms. The van der Waals surface area contributed by atoms with Crippen molar-refractivity contribution >= 4 is 48.3 Å². The zero-order valence-electron chi connectivity index (χ0n) is 10.8. The molecule has 0 saturated heterocycles. The van der Waals surface area contributed by atoms with Crippen molar-refractivity contribution in [3.8, 4) is 10.4 Å². The van der Waals surface area contributed by atoms with Gasteiger partial charge in [-0.05, 0) is 40.6 Å². The van der Waals surface area contributed by atoms with Crippen LogP contribution in [0.4, 0.5) is 0 Å². The maximum atomic E-state index is 11.8. The number of aromatic nitrogens is 2. The number of halogens is 1. The van der Waals surface area contributed by atoms with E-state index in [9.17, 15) is 4.79 Å². The average Bonchev–Trinajstić information content (AvgIpc) is 2.92. The van der Waals surface area contributed by atoms with Gasteiger partial charge in [0.15, 0.2) is 0 Å². The van der Waals surface area contributed by atoms with E-state index >= 15 is 0 Å². The molecule has 0 atom stereocenters. The zero-order chi connectivity index (χ0) is 14.4. The lowest BCUT2D eigenvalue weighted by Gasteiger charge is -2.02. The number of hydrogen-bond donors (Lipinski definition) is 1. The highest BCUT2D eigenvalue weighted by molar-refractivity contribution is 9.10. The molecule has 2 aromatic heterocycles. The van der Waals surface area contributed by atoms with Crippen LogP contribution in [0.1, 0.15) is 0 Å². The molecule has 4 aromatic rings. The molecule has 0 aliphatic rings. The summed E-state index contributed by atoms with van der Waals surface area (Å²) in [5, 5.41) is 2.36. The van der Waals surface area contributed by atoms with E-state index in [2.05, 4.69) is 56.2 Å². The van der Waals surface area contributed by atoms with Gasteiger partial charge in [0.25, 0.3) is 5.56 Å². The first kappa shape index (κ1) is 12.7. The predicted octanol–water partition coefficient (Wildman–Crippen LogP) is 4.57. The van der Waals surface area contributed by atoms with Crippen LogP contribution in [0.3, 0.4) is 0 Å². The minimum atomic E-state index is -0.0824. The van der Waals surface area contributed by atoms with Crippen LogP contribution in [0.15, 0.2) is 58.1 Å². The molecular weight excluding hydrogens is 348 g/mol. The monoisotopic (exact) mass is 356 g/mol. The van der Waals surface area contributed by atoms with Crippen LogP contribution >= 0.6 is 27.3 Å². The Hall–Kier alpha value is -1.98. The average molecular weight is 357 g/mol. The Kier molecular flexibility index (Phi) is 2.90. The van der Waals surface area contributed by atoms with Crippen molar-refractivity contribution in [2.75, 3.05) is 0 Å². The smallest absolute Gasteiger partial charge is 0.268 e. The molecule has 0 aliphatic heterocycles. The van der Waals surface area contributed by atoms with Gasteiger partial charge in [-0.15, -0.1) is 11.3 Å². The summed E-state index contributed by atoms with van der Waals surface area (Å²) in [5.41, 5.74) is 1.77. The molecule has 1 N–H and O–H groups in total. The van der Waals surface area contributed by atoms with Gasteiger partial charge < -0.3 is 4.98 Å². The molecule has 0 amide bonds. The molecule has 0 bridgehead atoms. The second kappa shape index (κ2) is 4.79. The summed E-state index contributed by atoms with van der Waals surface area (Å²) in [6, 6.07) is 14.5. The van der Waals surface area contributed by atoms with Crippen molar-refractivity contribution in [2.24, 2.45) is 0 Å². The molecule has 0 saturated carbocycles. The Morgan fingerprint density at radius 1 is 1.05 bits per heavy atom. The fourth-order valence-electron chi connectivity index (χ4n) is 2.38. The Morgan fingerprint density at radius 2 is 1.86 bits per heavy atom. The highest BCUT2D eigenvalue weighted by Gasteiger charge is 2.08. The number of benzene rings is 2. The minimum absolute atomic E-state index is 0.0824. The van der Waals surface area contributed by atoms with E-state index in [0.29, 0.717) is 4.70 Å². The van der Waals surface area contributed by atoms with Gasteiger partial charge in [0.2, 0.25) is 0 Å². The minimum Gasteiger partial charge on any atom is -0.312 e. The van der Waals surface area contributed by atoms with Crippen LogP contribution in [0, 0.1) is 0 Å². The second-order valence-corrected chi connectivity index (χ2v) is 6.73. The number of fused-ring (bicyclic) bond motifs is 2. The number of nitrogens with zero attached hydrogens (tertiary/aromatic N) is 1. The highest BCUT2D eigenvalue weighted by atomic mass is 79.9. The van der Waals surface area contributed by atoms with Crippen LogP contribution in [0.5, 0.6) is 0 Å². The summed E-state index contributed by atoms with van der Waals surface area (Å²) < 4.78 is 1.74. The quantitative estimate of drug-likeness (QED) is 0.543. The van der Waals surface area contributed by atoms with Gasteiger partial charge in [0.05, 0.1) is 11.8 Å². The Balaban J connectivity index is 1.93. The summed E-state index contributed by atoms with van der Waals surface area (Å²) in [5.74, 6) is 0. The molecule has 0 unspecified atom stereocenters.